The molecule has 1 heterocycles. The molecule has 138 valence electrons. The van der Waals surface area contributed by atoms with Crippen LogP contribution in [0.2, 0.25) is 0 Å². The first kappa shape index (κ1) is 18.3. The van der Waals surface area contributed by atoms with Crippen LogP contribution in [0, 0.1) is 12.8 Å². The number of carbonyl (C=O) groups excluding carboxylic acids is 1. The summed E-state index contributed by atoms with van der Waals surface area (Å²) in [7, 11) is 0. The van der Waals surface area contributed by atoms with Crippen LogP contribution < -0.4 is 15.5 Å². The minimum atomic E-state index is 0.0316. The van der Waals surface area contributed by atoms with Crippen molar-refractivity contribution in [1.29, 1.82) is 0 Å². The van der Waals surface area contributed by atoms with E-state index in [1.54, 1.807) is 0 Å². The predicted octanol–water partition coefficient (Wildman–Crippen LogP) is 4.67. The van der Waals surface area contributed by atoms with Crippen LogP contribution in [0.25, 0.3) is 0 Å². The van der Waals surface area contributed by atoms with E-state index < -0.39 is 0 Å². The van der Waals surface area contributed by atoms with Gasteiger partial charge < -0.3 is 15.5 Å². The van der Waals surface area contributed by atoms with Crippen molar-refractivity contribution in [3.63, 3.8) is 0 Å². The number of anilines is 3. The van der Waals surface area contributed by atoms with Crippen molar-refractivity contribution < 1.29 is 4.79 Å². The molecule has 3 rings (SSSR count). The summed E-state index contributed by atoms with van der Waals surface area (Å²) >= 11 is 0. The van der Waals surface area contributed by atoms with Crippen LogP contribution in [0.15, 0.2) is 48.5 Å². The Balaban J connectivity index is 1.43. The van der Waals surface area contributed by atoms with Crippen LogP contribution >= 0.6 is 0 Å². The summed E-state index contributed by atoms with van der Waals surface area (Å²) in [5.74, 6) is 0.863. The maximum absolute atomic E-state index is 12.1. The highest BCUT2D eigenvalue weighted by atomic mass is 16.1. The van der Waals surface area contributed by atoms with Gasteiger partial charge in [-0.15, -0.1) is 0 Å². The second-order valence-corrected chi connectivity index (χ2v) is 7.31. The maximum Gasteiger partial charge on any atom is 0.226 e. The van der Waals surface area contributed by atoms with Crippen LogP contribution in [0.5, 0.6) is 0 Å². The van der Waals surface area contributed by atoms with E-state index in [1.807, 2.05) is 24.3 Å². The van der Waals surface area contributed by atoms with E-state index in [0.717, 1.165) is 30.4 Å². The van der Waals surface area contributed by atoms with Crippen LogP contribution in [0.4, 0.5) is 17.1 Å². The first-order valence-electron chi connectivity index (χ1n) is 9.55. The van der Waals surface area contributed by atoms with Gasteiger partial charge in [-0.05, 0) is 62.1 Å². The quantitative estimate of drug-likeness (QED) is 0.795. The number of carbonyl (C=O) groups is 1. The Labute approximate surface area is 156 Å². The summed E-state index contributed by atoms with van der Waals surface area (Å²) in [5, 5.41) is 6.25. The number of hydrogen-bond donors (Lipinski definition) is 2. The van der Waals surface area contributed by atoms with E-state index in [1.165, 1.54) is 24.1 Å². The van der Waals surface area contributed by atoms with Gasteiger partial charge in [0.15, 0.2) is 0 Å². The van der Waals surface area contributed by atoms with Crippen molar-refractivity contribution in [2.45, 2.75) is 33.1 Å². The molecule has 0 aromatic heterocycles. The Morgan fingerprint density at radius 3 is 2.27 bits per heavy atom. The van der Waals surface area contributed by atoms with Gasteiger partial charge in [-0.2, -0.15) is 0 Å². The Morgan fingerprint density at radius 1 is 1.00 bits per heavy atom. The van der Waals surface area contributed by atoms with Crippen molar-refractivity contribution in [2.24, 2.45) is 5.92 Å². The number of piperidine rings is 1. The molecule has 0 spiro atoms. The van der Waals surface area contributed by atoms with Crippen molar-refractivity contribution in [3.05, 3.63) is 54.1 Å². The van der Waals surface area contributed by atoms with Crippen molar-refractivity contribution in [1.82, 2.24) is 0 Å². The molecule has 0 saturated carbocycles. The molecule has 4 heteroatoms. The fourth-order valence-corrected chi connectivity index (χ4v) is 3.24. The smallest absolute Gasteiger partial charge is 0.226 e. The standard InChI is InChI=1S/C22H29N3O/c1-17-3-5-19(6-4-17)23-14-11-22(26)24-20-7-9-21(10-8-20)25-15-12-18(2)13-16-25/h3-10,18,23H,11-16H2,1-2H3,(H,24,26). The normalized spacial score (nSPS) is 14.9. The van der Waals surface area contributed by atoms with Crippen LogP contribution in [-0.4, -0.2) is 25.5 Å². The number of nitrogens with one attached hydrogen (secondary N) is 2. The molecule has 2 aromatic rings. The van der Waals surface area contributed by atoms with E-state index in [9.17, 15) is 4.79 Å². The largest absolute Gasteiger partial charge is 0.385 e. The highest BCUT2D eigenvalue weighted by Crippen LogP contribution is 2.24. The van der Waals surface area contributed by atoms with Crippen LogP contribution in [-0.2, 0) is 4.79 Å². The molecule has 26 heavy (non-hydrogen) atoms. The van der Waals surface area contributed by atoms with Crippen LogP contribution in [0.3, 0.4) is 0 Å². The molecule has 0 unspecified atom stereocenters. The van der Waals surface area contributed by atoms with Crippen molar-refractivity contribution in [2.75, 3.05) is 35.2 Å². The number of nitrogens with zero attached hydrogens (tertiary/aromatic N) is 1. The van der Waals surface area contributed by atoms with Gasteiger partial charge in [-0.3, -0.25) is 4.79 Å². The van der Waals surface area contributed by atoms with Gasteiger partial charge in [0.25, 0.3) is 0 Å². The van der Waals surface area contributed by atoms with E-state index in [-0.39, 0.29) is 5.91 Å². The second-order valence-electron chi connectivity index (χ2n) is 7.31. The molecule has 2 aromatic carbocycles. The zero-order valence-electron chi connectivity index (χ0n) is 15.8. The third-order valence-corrected chi connectivity index (χ3v) is 5.03. The summed E-state index contributed by atoms with van der Waals surface area (Å²) < 4.78 is 0. The molecular weight excluding hydrogens is 322 g/mol. The molecule has 0 atom stereocenters. The molecule has 1 aliphatic rings. The predicted molar refractivity (Wildman–Crippen MR) is 110 cm³/mol. The fraction of sp³-hybridized carbons (Fsp3) is 0.409. The summed E-state index contributed by atoms with van der Waals surface area (Å²) in [4.78, 5) is 14.5. The third kappa shape index (κ3) is 5.25. The second kappa shape index (κ2) is 8.75. The maximum atomic E-state index is 12.1. The minimum absolute atomic E-state index is 0.0316. The van der Waals surface area contributed by atoms with Gasteiger partial charge in [-0.1, -0.05) is 24.6 Å². The van der Waals surface area contributed by atoms with Crippen molar-refractivity contribution >= 4 is 23.0 Å². The summed E-state index contributed by atoms with van der Waals surface area (Å²) in [5.41, 5.74) is 4.38. The van der Waals surface area contributed by atoms with E-state index in [2.05, 4.69) is 53.6 Å². The van der Waals surface area contributed by atoms with Gasteiger partial charge in [-0.25, -0.2) is 0 Å². The highest BCUT2D eigenvalue weighted by molar-refractivity contribution is 5.91. The lowest BCUT2D eigenvalue weighted by Gasteiger charge is -2.32. The molecular formula is C22H29N3O. The highest BCUT2D eigenvalue weighted by Gasteiger charge is 2.15. The molecule has 1 amide bonds. The average molecular weight is 351 g/mol. The Bertz CT molecular complexity index is 701. The molecule has 0 aliphatic carbocycles. The van der Waals surface area contributed by atoms with Crippen molar-refractivity contribution in [3.8, 4) is 0 Å². The molecule has 1 aliphatic heterocycles. The first-order valence-corrected chi connectivity index (χ1v) is 9.55. The zero-order valence-corrected chi connectivity index (χ0v) is 15.8. The van der Waals surface area contributed by atoms with Crippen LogP contribution in [0.1, 0.15) is 31.7 Å². The lowest BCUT2D eigenvalue weighted by Crippen LogP contribution is -2.32. The minimum Gasteiger partial charge on any atom is -0.385 e. The van der Waals surface area contributed by atoms with Gasteiger partial charge in [0.2, 0.25) is 5.91 Å². The Kier molecular flexibility index (Phi) is 6.16. The van der Waals surface area contributed by atoms with Gasteiger partial charge in [0.05, 0.1) is 0 Å². The van der Waals surface area contributed by atoms with Gasteiger partial charge in [0, 0.05) is 43.1 Å². The SMILES string of the molecule is Cc1ccc(NCCC(=O)Nc2ccc(N3CCC(C)CC3)cc2)cc1. The first-order chi connectivity index (χ1) is 12.6. The number of amides is 1. The molecule has 2 N–H and O–H groups in total. The number of benzene rings is 2. The molecule has 1 fully saturated rings. The molecule has 1 saturated heterocycles. The topological polar surface area (TPSA) is 44.4 Å². The molecule has 0 radical (unpaired) electrons. The van der Waals surface area contributed by atoms with Gasteiger partial charge in [0.1, 0.15) is 0 Å². The lowest BCUT2D eigenvalue weighted by molar-refractivity contribution is -0.115. The average Bonchev–Trinajstić information content (AvgIpc) is 2.65. The fourth-order valence-electron chi connectivity index (χ4n) is 3.24. The van der Waals surface area contributed by atoms with Gasteiger partial charge >= 0.3 is 0 Å². The van der Waals surface area contributed by atoms with E-state index >= 15 is 0 Å². The number of rotatable bonds is 6. The zero-order chi connectivity index (χ0) is 18.4. The molecule has 0 bridgehead atoms. The Hall–Kier alpha value is -2.49. The summed E-state index contributed by atoms with van der Waals surface area (Å²) in [6, 6.07) is 16.4. The lowest BCUT2D eigenvalue weighted by atomic mass is 9.99. The Morgan fingerprint density at radius 2 is 1.62 bits per heavy atom. The third-order valence-electron chi connectivity index (χ3n) is 5.03. The number of aryl methyl sites for hydroxylation is 1. The van der Waals surface area contributed by atoms with E-state index in [0.29, 0.717) is 13.0 Å². The molecule has 4 nitrogen and oxygen atoms in total. The number of hydrogen-bond acceptors (Lipinski definition) is 3. The van der Waals surface area contributed by atoms with E-state index in [4.69, 9.17) is 0 Å². The summed E-state index contributed by atoms with van der Waals surface area (Å²) in [6.07, 6.45) is 2.96. The monoisotopic (exact) mass is 351 g/mol. The summed E-state index contributed by atoms with van der Waals surface area (Å²) in [6.45, 7) is 7.26.